The van der Waals surface area contributed by atoms with Crippen molar-refractivity contribution < 1.29 is 4.42 Å². The van der Waals surface area contributed by atoms with Crippen molar-refractivity contribution >= 4 is 32.8 Å². The Morgan fingerprint density at radius 1 is 0.786 bits per heavy atom. The summed E-state index contributed by atoms with van der Waals surface area (Å²) in [7, 11) is 0. The molecule has 1 fully saturated rings. The van der Waals surface area contributed by atoms with Gasteiger partial charge >= 0.3 is 0 Å². The van der Waals surface area contributed by atoms with Gasteiger partial charge in [-0.3, -0.25) is 0 Å². The molecule has 0 bridgehead atoms. The van der Waals surface area contributed by atoms with Gasteiger partial charge in [0.1, 0.15) is 11.3 Å². The van der Waals surface area contributed by atoms with Gasteiger partial charge in [0.05, 0.1) is 5.52 Å². The highest BCUT2D eigenvalue weighted by molar-refractivity contribution is 6.20. The molecule has 1 aliphatic rings. The monoisotopic (exact) mass is 363 g/mol. The Morgan fingerprint density at radius 2 is 1.57 bits per heavy atom. The molecule has 0 spiro atoms. The molecular weight excluding hydrogens is 342 g/mol. The predicted octanol–water partition coefficient (Wildman–Crippen LogP) is 7.46. The van der Waals surface area contributed by atoms with Crippen LogP contribution in [0.5, 0.6) is 0 Å². The van der Waals surface area contributed by atoms with Crippen molar-refractivity contribution in [2.45, 2.75) is 31.6 Å². The molecule has 0 aliphatic heterocycles. The topological polar surface area (TPSA) is 26.0 Å². The molecule has 3 aromatic carbocycles. The fraction of sp³-hybridized carbons (Fsp3) is 0.192. The smallest absolute Gasteiger partial charge is 0.162 e. The van der Waals surface area contributed by atoms with E-state index in [1.54, 1.807) is 0 Å². The molecule has 2 heteroatoms. The highest BCUT2D eigenvalue weighted by Gasteiger charge is 2.21. The molecule has 6 rings (SSSR count). The minimum atomic E-state index is 0.686. The Labute approximate surface area is 163 Å². The summed E-state index contributed by atoms with van der Waals surface area (Å²) in [5.41, 5.74) is 6.32. The lowest BCUT2D eigenvalue weighted by molar-refractivity contribution is 0.668. The second-order valence-electron chi connectivity index (χ2n) is 7.89. The maximum absolute atomic E-state index is 6.35. The highest BCUT2D eigenvalue weighted by Crippen LogP contribution is 2.41. The predicted molar refractivity (Wildman–Crippen MR) is 116 cm³/mol. The van der Waals surface area contributed by atoms with Gasteiger partial charge in [-0.2, -0.15) is 0 Å². The Morgan fingerprint density at radius 3 is 2.43 bits per heavy atom. The second kappa shape index (κ2) is 6.20. The van der Waals surface area contributed by atoms with Crippen molar-refractivity contribution in [3.05, 3.63) is 78.4 Å². The Balaban J connectivity index is 1.73. The van der Waals surface area contributed by atoms with Crippen molar-refractivity contribution in [3.63, 3.8) is 0 Å². The number of benzene rings is 3. The fourth-order valence-corrected chi connectivity index (χ4v) is 4.81. The number of hydrogen-bond donors (Lipinski definition) is 0. The van der Waals surface area contributed by atoms with Gasteiger partial charge in [0.15, 0.2) is 5.58 Å². The molecule has 136 valence electrons. The number of fused-ring (bicyclic) bond motifs is 5. The summed E-state index contributed by atoms with van der Waals surface area (Å²) in [6, 6.07) is 25.6. The number of furan rings is 1. The molecular formula is C26H21NO. The number of nitrogens with zero attached hydrogens (tertiary/aromatic N) is 1. The van der Waals surface area contributed by atoms with Crippen molar-refractivity contribution in [1.82, 2.24) is 4.98 Å². The summed E-state index contributed by atoms with van der Waals surface area (Å²) in [5, 5.41) is 3.58. The summed E-state index contributed by atoms with van der Waals surface area (Å²) in [4.78, 5) is 5.04. The van der Waals surface area contributed by atoms with E-state index in [2.05, 4.69) is 60.7 Å². The van der Waals surface area contributed by atoms with Gasteiger partial charge in [-0.1, -0.05) is 67.4 Å². The summed E-state index contributed by atoms with van der Waals surface area (Å²) in [6.07, 6.45) is 5.29. The number of pyridine rings is 1. The average molecular weight is 363 g/mol. The molecule has 0 saturated heterocycles. The number of aromatic nitrogens is 1. The van der Waals surface area contributed by atoms with Crippen LogP contribution in [0.25, 0.3) is 44.1 Å². The van der Waals surface area contributed by atoms with E-state index >= 15 is 0 Å². The van der Waals surface area contributed by atoms with Crippen LogP contribution in [0.2, 0.25) is 0 Å². The van der Waals surface area contributed by atoms with Crippen LogP contribution in [0.1, 0.15) is 37.2 Å². The normalized spacial score (nSPS) is 15.1. The van der Waals surface area contributed by atoms with Crippen LogP contribution in [0, 0.1) is 0 Å². The fourth-order valence-electron chi connectivity index (χ4n) is 4.81. The van der Waals surface area contributed by atoms with Gasteiger partial charge in [0, 0.05) is 21.7 Å². The second-order valence-corrected chi connectivity index (χ2v) is 7.89. The maximum Gasteiger partial charge on any atom is 0.162 e. The molecule has 1 saturated carbocycles. The molecule has 5 aromatic rings. The van der Waals surface area contributed by atoms with E-state index in [4.69, 9.17) is 9.40 Å². The molecule has 2 aromatic heterocycles. The van der Waals surface area contributed by atoms with Gasteiger partial charge in [0.25, 0.3) is 0 Å². The van der Waals surface area contributed by atoms with E-state index < -0.39 is 0 Å². The lowest BCUT2D eigenvalue weighted by atomic mass is 9.94. The van der Waals surface area contributed by atoms with Crippen LogP contribution in [0.3, 0.4) is 0 Å². The minimum absolute atomic E-state index is 0.686. The molecule has 0 atom stereocenters. The summed E-state index contributed by atoms with van der Waals surface area (Å²) >= 11 is 0. The average Bonchev–Trinajstić information content (AvgIpc) is 3.42. The molecule has 0 amide bonds. The first-order chi connectivity index (χ1) is 13.9. The molecule has 2 nitrogen and oxygen atoms in total. The van der Waals surface area contributed by atoms with E-state index in [1.165, 1.54) is 47.4 Å². The van der Waals surface area contributed by atoms with Gasteiger partial charge in [-0.05, 0) is 42.5 Å². The summed E-state index contributed by atoms with van der Waals surface area (Å²) < 4.78 is 6.35. The van der Waals surface area contributed by atoms with Gasteiger partial charge < -0.3 is 4.42 Å². The van der Waals surface area contributed by atoms with Crippen molar-refractivity contribution in [2.75, 3.05) is 0 Å². The van der Waals surface area contributed by atoms with Crippen LogP contribution >= 0.6 is 0 Å². The van der Waals surface area contributed by atoms with Gasteiger partial charge in [0.2, 0.25) is 0 Å². The van der Waals surface area contributed by atoms with Crippen LogP contribution in [0.15, 0.2) is 77.2 Å². The Hall–Kier alpha value is -3.13. The first-order valence-electron chi connectivity index (χ1n) is 10.2. The van der Waals surface area contributed by atoms with Crippen molar-refractivity contribution in [3.8, 4) is 11.3 Å². The van der Waals surface area contributed by atoms with Crippen LogP contribution in [-0.4, -0.2) is 4.98 Å². The molecule has 0 unspecified atom stereocenters. The first-order valence-corrected chi connectivity index (χ1v) is 10.2. The summed E-state index contributed by atoms with van der Waals surface area (Å²) in [5.74, 6) is 0.686. The molecule has 28 heavy (non-hydrogen) atoms. The summed E-state index contributed by atoms with van der Waals surface area (Å²) in [6.45, 7) is 0. The van der Waals surface area contributed by atoms with E-state index in [-0.39, 0.29) is 0 Å². The minimum Gasteiger partial charge on any atom is -0.454 e. The highest BCUT2D eigenvalue weighted by atomic mass is 16.3. The van der Waals surface area contributed by atoms with Crippen molar-refractivity contribution in [2.24, 2.45) is 0 Å². The lowest BCUT2D eigenvalue weighted by Crippen LogP contribution is -1.94. The van der Waals surface area contributed by atoms with Crippen LogP contribution in [0.4, 0.5) is 0 Å². The van der Waals surface area contributed by atoms with Crippen molar-refractivity contribution in [1.29, 1.82) is 0 Å². The molecule has 0 N–H and O–H groups in total. The SMILES string of the molecule is c1ccc(-c2nc3ccc(C4CCCC4)cc3c3c2oc2ccccc23)cc1. The zero-order valence-corrected chi connectivity index (χ0v) is 15.7. The number of para-hydroxylation sites is 1. The maximum atomic E-state index is 6.35. The van der Waals surface area contributed by atoms with E-state index in [0.717, 1.165) is 27.9 Å². The molecule has 1 aliphatic carbocycles. The number of rotatable bonds is 2. The van der Waals surface area contributed by atoms with E-state index in [9.17, 15) is 0 Å². The first kappa shape index (κ1) is 15.9. The largest absolute Gasteiger partial charge is 0.454 e. The Kier molecular flexibility index (Phi) is 3.52. The van der Waals surface area contributed by atoms with Gasteiger partial charge in [-0.15, -0.1) is 0 Å². The van der Waals surface area contributed by atoms with Crippen LogP contribution < -0.4 is 0 Å². The number of hydrogen-bond acceptors (Lipinski definition) is 2. The quantitative estimate of drug-likeness (QED) is 0.325. The zero-order valence-electron chi connectivity index (χ0n) is 15.7. The molecule has 0 radical (unpaired) electrons. The van der Waals surface area contributed by atoms with Gasteiger partial charge in [-0.25, -0.2) is 4.98 Å². The third kappa shape index (κ3) is 2.37. The zero-order chi connectivity index (χ0) is 18.5. The van der Waals surface area contributed by atoms with Crippen LogP contribution in [-0.2, 0) is 0 Å². The molecule has 2 heterocycles. The van der Waals surface area contributed by atoms with E-state index in [0.29, 0.717) is 5.92 Å². The Bertz CT molecular complexity index is 1310. The van der Waals surface area contributed by atoms with E-state index in [1.807, 2.05) is 12.1 Å². The third-order valence-corrected chi connectivity index (χ3v) is 6.21. The lowest BCUT2D eigenvalue weighted by Gasteiger charge is -2.12. The standard InChI is InChI=1S/C26H21NO/c1-2-10-18(11-3-1)25-26-24(20-12-6-7-13-23(20)28-26)21-16-19(14-15-22(21)27-25)17-8-4-5-9-17/h1-3,6-7,10-17H,4-5,8-9H2. The third-order valence-electron chi connectivity index (χ3n) is 6.21.